The summed E-state index contributed by atoms with van der Waals surface area (Å²) in [6, 6.07) is 7.91. The Labute approximate surface area is 142 Å². The summed E-state index contributed by atoms with van der Waals surface area (Å²) >= 11 is 0. The quantitative estimate of drug-likeness (QED) is 0.395. The molecule has 0 radical (unpaired) electrons. The van der Waals surface area contributed by atoms with E-state index < -0.39 is 5.92 Å². The van der Waals surface area contributed by atoms with Crippen LogP contribution in [-0.4, -0.2) is 25.4 Å². The van der Waals surface area contributed by atoms with Gasteiger partial charge in [-0.1, -0.05) is 18.2 Å². The molecule has 0 aliphatic rings. The van der Waals surface area contributed by atoms with Crippen LogP contribution in [0.15, 0.2) is 33.9 Å². The summed E-state index contributed by atoms with van der Waals surface area (Å²) in [6.45, 7) is 5.63. The minimum Gasteiger partial charge on any atom is -0.358 e. The Balaban J connectivity index is 2.14. The lowest BCUT2D eigenvalue weighted by Gasteiger charge is -2.16. The third-order valence-corrected chi connectivity index (χ3v) is 4.83. The maximum Gasteiger partial charge on any atom is 0.268 e. The van der Waals surface area contributed by atoms with E-state index in [1.54, 1.807) is 0 Å². The van der Waals surface area contributed by atoms with E-state index in [1.807, 2.05) is 45.0 Å². The number of para-hydroxylation sites is 1. The van der Waals surface area contributed by atoms with Crippen molar-refractivity contribution >= 4 is 10.9 Å². The minimum atomic E-state index is -0.471. The molecule has 0 bridgehead atoms. The smallest absolute Gasteiger partial charge is 0.268 e. The number of H-pyrrole nitrogens is 5. The second-order valence-electron chi connectivity index (χ2n) is 6.38. The highest BCUT2D eigenvalue weighted by Crippen LogP contribution is 2.37. The van der Waals surface area contributed by atoms with Gasteiger partial charge in [-0.15, -0.1) is 0 Å². The Morgan fingerprint density at radius 2 is 1.28 bits per heavy atom. The molecule has 3 heterocycles. The first kappa shape index (κ1) is 15.3. The van der Waals surface area contributed by atoms with E-state index in [4.69, 9.17) is 0 Å². The predicted molar refractivity (Wildman–Crippen MR) is 96.3 cm³/mol. The molecule has 0 spiro atoms. The second-order valence-corrected chi connectivity index (χ2v) is 6.38. The van der Waals surface area contributed by atoms with E-state index in [0.717, 1.165) is 33.5 Å². The van der Waals surface area contributed by atoms with Crippen molar-refractivity contribution in [2.45, 2.75) is 26.7 Å². The molecule has 0 aliphatic heterocycles. The first-order valence-corrected chi connectivity index (χ1v) is 8.10. The van der Waals surface area contributed by atoms with Gasteiger partial charge in [0.25, 0.3) is 11.1 Å². The molecule has 25 heavy (non-hydrogen) atoms. The Bertz CT molecular complexity index is 1130. The minimum absolute atomic E-state index is 0.216. The van der Waals surface area contributed by atoms with Crippen LogP contribution in [0.25, 0.3) is 10.9 Å². The topological polar surface area (TPSA) is 113 Å². The standard InChI is InChI=1S/C18H19N5O2/c1-8-13(11-6-4-5-7-12(11)19-8)16(14-9(2)20-22-17(14)24)15-10(3)21-23-18(15)25/h4-7,16,19H,1-3H3,(H2,20,22,24)(H2,21,23,25). The second kappa shape index (κ2) is 5.41. The normalized spacial score (nSPS) is 11.7. The lowest BCUT2D eigenvalue weighted by Crippen LogP contribution is -2.20. The summed E-state index contributed by atoms with van der Waals surface area (Å²) in [4.78, 5) is 28.4. The van der Waals surface area contributed by atoms with Crippen LogP contribution in [-0.2, 0) is 0 Å². The maximum absolute atomic E-state index is 12.5. The first-order chi connectivity index (χ1) is 12.0. The third-order valence-electron chi connectivity index (χ3n) is 4.83. The van der Waals surface area contributed by atoms with Crippen molar-refractivity contribution in [2.75, 3.05) is 0 Å². The van der Waals surface area contributed by atoms with Crippen LogP contribution in [0.2, 0.25) is 0 Å². The van der Waals surface area contributed by atoms with Gasteiger partial charge >= 0.3 is 0 Å². The molecule has 0 unspecified atom stereocenters. The number of hydrogen-bond donors (Lipinski definition) is 5. The molecule has 0 fully saturated rings. The molecular formula is C18H19N5O2. The number of nitrogens with one attached hydrogen (secondary N) is 5. The highest BCUT2D eigenvalue weighted by atomic mass is 16.1. The fraction of sp³-hybridized carbons (Fsp3) is 0.222. The summed E-state index contributed by atoms with van der Waals surface area (Å²) < 4.78 is 0. The predicted octanol–water partition coefficient (Wildman–Crippen LogP) is 2.31. The van der Waals surface area contributed by atoms with Gasteiger partial charge in [0, 0.05) is 28.0 Å². The average Bonchev–Trinajstić information content (AvgIpc) is 3.20. The van der Waals surface area contributed by atoms with Crippen LogP contribution in [0.4, 0.5) is 0 Å². The van der Waals surface area contributed by atoms with Crippen LogP contribution in [0.5, 0.6) is 0 Å². The van der Waals surface area contributed by atoms with E-state index in [1.165, 1.54) is 0 Å². The lowest BCUT2D eigenvalue weighted by atomic mass is 9.84. The maximum atomic E-state index is 12.5. The van der Waals surface area contributed by atoms with Crippen molar-refractivity contribution < 1.29 is 0 Å². The highest BCUT2D eigenvalue weighted by molar-refractivity contribution is 5.86. The van der Waals surface area contributed by atoms with Crippen LogP contribution >= 0.6 is 0 Å². The van der Waals surface area contributed by atoms with Crippen LogP contribution in [0.1, 0.15) is 39.7 Å². The largest absolute Gasteiger partial charge is 0.358 e. The zero-order chi connectivity index (χ0) is 17.7. The van der Waals surface area contributed by atoms with Crippen LogP contribution in [0.3, 0.4) is 0 Å². The Morgan fingerprint density at radius 3 is 1.80 bits per heavy atom. The summed E-state index contributed by atoms with van der Waals surface area (Å²) in [6.07, 6.45) is 0. The van der Waals surface area contributed by atoms with E-state index >= 15 is 0 Å². The molecule has 1 aromatic carbocycles. The van der Waals surface area contributed by atoms with Crippen LogP contribution < -0.4 is 11.1 Å². The zero-order valence-electron chi connectivity index (χ0n) is 14.2. The number of aromatic amines is 5. The molecule has 7 nitrogen and oxygen atoms in total. The zero-order valence-corrected chi connectivity index (χ0v) is 14.2. The van der Waals surface area contributed by atoms with Crippen molar-refractivity contribution in [3.8, 4) is 0 Å². The van der Waals surface area contributed by atoms with Gasteiger partial charge in [-0.2, -0.15) is 0 Å². The molecule has 128 valence electrons. The molecule has 0 amide bonds. The molecule has 0 atom stereocenters. The number of aromatic nitrogens is 5. The fourth-order valence-electron chi connectivity index (χ4n) is 3.71. The van der Waals surface area contributed by atoms with E-state index in [2.05, 4.69) is 25.4 Å². The van der Waals surface area contributed by atoms with Gasteiger partial charge in [-0.05, 0) is 32.4 Å². The monoisotopic (exact) mass is 337 g/mol. The molecule has 5 N–H and O–H groups in total. The first-order valence-electron chi connectivity index (χ1n) is 8.10. The Hall–Kier alpha value is -3.22. The number of hydrogen-bond acceptors (Lipinski definition) is 2. The summed E-state index contributed by atoms with van der Waals surface area (Å²) in [5.41, 5.74) is 4.98. The van der Waals surface area contributed by atoms with Gasteiger partial charge < -0.3 is 15.2 Å². The Morgan fingerprint density at radius 1 is 0.720 bits per heavy atom. The third kappa shape index (κ3) is 2.20. The van der Waals surface area contributed by atoms with E-state index in [9.17, 15) is 9.59 Å². The summed E-state index contributed by atoms with van der Waals surface area (Å²) in [7, 11) is 0. The van der Waals surface area contributed by atoms with Crippen molar-refractivity contribution in [2.24, 2.45) is 0 Å². The number of rotatable bonds is 3. The van der Waals surface area contributed by atoms with Crippen molar-refractivity contribution in [3.63, 3.8) is 0 Å². The fourth-order valence-corrected chi connectivity index (χ4v) is 3.71. The van der Waals surface area contributed by atoms with Gasteiger partial charge in [0.15, 0.2) is 0 Å². The molecule has 7 heteroatoms. The Kier molecular flexibility index (Phi) is 3.31. The van der Waals surface area contributed by atoms with E-state index in [-0.39, 0.29) is 11.1 Å². The van der Waals surface area contributed by atoms with Gasteiger partial charge in [0.1, 0.15) is 0 Å². The van der Waals surface area contributed by atoms with Crippen molar-refractivity contribution in [1.82, 2.24) is 25.4 Å². The van der Waals surface area contributed by atoms with Gasteiger partial charge in [-0.25, -0.2) is 0 Å². The molecule has 0 saturated carbocycles. The molecular weight excluding hydrogens is 318 g/mol. The van der Waals surface area contributed by atoms with Gasteiger partial charge in [0.05, 0.1) is 17.0 Å². The lowest BCUT2D eigenvalue weighted by molar-refractivity contribution is 0.926. The van der Waals surface area contributed by atoms with Crippen LogP contribution in [0, 0.1) is 20.8 Å². The van der Waals surface area contributed by atoms with Gasteiger partial charge in [0.2, 0.25) is 0 Å². The number of fused-ring (bicyclic) bond motifs is 1. The number of benzene rings is 1. The molecule has 3 aromatic heterocycles. The van der Waals surface area contributed by atoms with Gasteiger partial charge in [-0.3, -0.25) is 19.8 Å². The SMILES string of the molecule is Cc1[nH][nH]c(=O)c1C(c1c(C)[nH][nH]c1=O)c1c(C)[nH]c2ccccc12. The molecule has 4 rings (SSSR count). The van der Waals surface area contributed by atoms with Crippen molar-refractivity contribution in [1.29, 1.82) is 0 Å². The van der Waals surface area contributed by atoms with Crippen molar-refractivity contribution in [3.05, 3.63) is 78.7 Å². The summed E-state index contributed by atoms with van der Waals surface area (Å²) in [5.74, 6) is -0.471. The highest BCUT2D eigenvalue weighted by Gasteiger charge is 2.31. The molecule has 0 aliphatic carbocycles. The van der Waals surface area contributed by atoms with E-state index in [0.29, 0.717) is 11.1 Å². The molecule has 4 aromatic rings. The number of aryl methyl sites for hydroxylation is 3. The molecule has 0 saturated heterocycles. The summed E-state index contributed by atoms with van der Waals surface area (Å²) in [5, 5.41) is 12.0. The average molecular weight is 337 g/mol.